The van der Waals surface area contributed by atoms with E-state index < -0.39 is 0 Å². The van der Waals surface area contributed by atoms with Gasteiger partial charge in [-0.05, 0) is 42.3 Å². The number of benzene rings is 2. The van der Waals surface area contributed by atoms with Gasteiger partial charge in [-0.25, -0.2) is 4.79 Å². The molecule has 3 aromatic rings. The van der Waals surface area contributed by atoms with Crippen molar-refractivity contribution >= 4 is 17.6 Å². The fourth-order valence-corrected chi connectivity index (χ4v) is 2.94. The van der Waals surface area contributed by atoms with Gasteiger partial charge in [0.2, 0.25) is 0 Å². The first-order valence-corrected chi connectivity index (χ1v) is 9.38. The van der Waals surface area contributed by atoms with Crippen LogP contribution in [-0.4, -0.2) is 35.8 Å². The molecule has 0 fully saturated rings. The number of aryl methyl sites for hydroxylation is 1. The van der Waals surface area contributed by atoms with E-state index in [2.05, 4.69) is 5.32 Å². The van der Waals surface area contributed by atoms with Gasteiger partial charge in [-0.2, -0.15) is 0 Å². The molecule has 0 saturated heterocycles. The van der Waals surface area contributed by atoms with Gasteiger partial charge >= 0.3 is 6.03 Å². The van der Waals surface area contributed by atoms with Crippen LogP contribution in [0.4, 0.5) is 10.5 Å². The summed E-state index contributed by atoms with van der Waals surface area (Å²) in [4.78, 5) is 28.5. The third kappa shape index (κ3) is 5.25. The van der Waals surface area contributed by atoms with E-state index in [4.69, 9.17) is 4.42 Å². The summed E-state index contributed by atoms with van der Waals surface area (Å²) in [5.74, 6) is 0.585. The number of hydrogen-bond donors (Lipinski definition) is 1. The summed E-state index contributed by atoms with van der Waals surface area (Å²) < 4.78 is 5.43. The molecular formula is C23H25N3O3. The Balaban J connectivity index is 1.82. The summed E-state index contributed by atoms with van der Waals surface area (Å²) in [6.45, 7) is 2.67. The number of nitrogens with one attached hydrogen (secondary N) is 1. The first-order valence-electron chi connectivity index (χ1n) is 9.38. The van der Waals surface area contributed by atoms with Gasteiger partial charge in [0, 0.05) is 31.9 Å². The lowest BCUT2D eigenvalue weighted by Crippen LogP contribution is -2.34. The summed E-state index contributed by atoms with van der Waals surface area (Å²) >= 11 is 0. The van der Waals surface area contributed by atoms with Crippen LogP contribution in [0.15, 0.2) is 71.3 Å². The second kappa shape index (κ2) is 9.10. The topological polar surface area (TPSA) is 65.8 Å². The van der Waals surface area contributed by atoms with Crippen molar-refractivity contribution in [1.29, 1.82) is 0 Å². The Hall–Kier alpha value is -3.54. The number of nitrogens with zero attached hydrogens (tertiary/aromatic N) is 2. The molecule has 0 spiro atoms. The third-order valence-electron chi connectivity index (χ3n) is 4.56. The van der Waals surface area contributed by atoms with Crippen LogP contribution in [0.3, 0.4) is 0 Å². The fourth-order valence-electron chi connectivity index (χ4n) is 2.94. The molecule has 0 aliphatic carbocycles. The molecule has 3 amide bonds. The maximum absolute atomic E-state index is 13.1. The van der Waals surface area contributed by atoms with Crippen LogP contribution in [0, 0.1) is 6.92 Å². The predicted octanol–water partition coefficient (Wildman–Crippen LogP) is 4.52. The molecule has 0 bridgehead atoms. The second-order valence-electron chi connectivity index (χ2n) is 7.08. The van der Waals surface area contributed by atoms with Gasteiger partial charge in [0.15, 0.2) is 0 Å². The fraction of sp³-hybridized carbons (Fsp3) is 0.217. The number of amides is 3. The highest BCUT2D eigenvalue weighted by atomic mass is 16.3. The SMILES string of the molecule is Cc1ccc(C(=O)N(C)C)cc1NC(=O)N(Cc1ccccc1)Cc1ccco1. The van der Waals surface area contributed by atoms with Gasteiger partial charge in [0.25, 0.3) is 5.91 Å². The maximum Gasteiger partial charge on any atom is 0.322 e. The molecule has 0 saturated carbocycles. The molecule has 0 radical (unpaired) electrons. The number of hydrogen-bond acceptors (Lipinski definition) is 3. The molecule has 6 nitrogen and oxygen atoms in total. The quantitative estimate of drug-likeness (QED) is 0.672. The minimum absolute atomic E-state index is 0.114. The van der Waals surface area contributed by atoms with Crippen LogP contribution in [0.5, 0.6) is 0 Å². The standard InChI is InChI=1S/C23H25N3O3/c1-17-11-12-19(22(27)25(2)3)14-21(17)24-23(28)26(16-20-10-7-13-29-20)15-18-8-5-4-6-9-18/h4-14H,15-16H2,1-3H3,(H,24,28). The van der Waals surface area contributed by atoms with Gasteiger partial charge in [-0.1, -0.05) is 36.4 Å². The number of urea groups is 1. The molecule has 3 rings (SSSR count). The van der Waals surface area contributed by atoms with E-state index in [0.717, 1.165) is 11.1 Å². The van der Waals surface area contributed by atoms with E-state index in [0.29, 0.717) is 30.1 Å². The molecule has 1 aromatic heterocycles. The van der Waals surface area contributed by atoms with Gasteiger partial charge in [0.05, 0.1) is 12.8 Å². The summed E-state index contributed by atoms with van der Waals surface area (Å²) in [5.41, 5.74) is 3.03. The Labute approximate surface area is 170 Å². The van der Waals surface area contributed by atoms with E-state index in [1.165, 1.54) is 4.90 Å². The predicted molar refractivity (Wildman–Crippen MR) is 113 cm³/mol. The third-order valence-corrected chi connectivity index (χ3v) is 4.56. The average Bonchev–Trinajstić information content (AvgIpc) is 3.22. The van der Waals surface area contributed by atoms with Crippen molar-refractivity contribution in [2.24, 2.45) is 0 Å². The monoisotopic (exact) mass is 391 g/mol. The number of carbonyl (C=O) groups is 2. The number of furan rings is 1. The average molecular weight is 391 g/mol. The largest absolute Gasteiger partial charge is 0.467 e. The number of carbonyl (C=O) groups excluding carboxylic acids is 2. The van der Waals surface area contributed by atoms with Crippen molar-refractivity contribution < 1.29 is 14.0 Å². The number of anilines is 1. The molecule has 1 N–H and O–H groups in total. The van der Waals surface area contributed by atoms with Crippen molar-refractivity contribution in [2.75, 3.05) is 19.4 Å². The zero-order valence-electron chi connectivity index (χ0n) is 16.9. The smallest absolute Gasteiger partial charge is 0.322 e. The van der Waals surface area contributed by atoms with E-state index in [-0.39, 0.29) is 11.9 Å². The molecule has 2 aromatic carbocycles. The molecular weight excluding hydrogens is 366 g/mol. The Bertz CT molecular complexity index is 966. The highest BCUT2D eigenvalue weighted by Crippen LogP contribution is 2.20. The Kier molecular flexibility index (Phi) is 6.34. The van der Waals surface area contributed by atoms with Crippen LogP contribution in [0.1, 0.15) is 27.2 Å². The minimum atomic E-state index is -0.261. The van der Waals surface area contributed by atoms with Crippen LogP contribution in [-0.2, 0) is 13.1 Å². The normalized spacial score (nSPS) is 10.4. The summed E-state index contributed by atoms with van der Waals surface area (Å²) in [7, 11) is 3.40. The molecule has 29 heavy (non-hydrogen) atoms. The molecule has 0 atom stereocenters. The lowest BCUT2D eigenvalue weighted by Gasteiger charge is -2.23. The van der Waals surface area contributed by atoms with Crippen molar-refractivity contribution in [1.82, 2.24) is 9.80 Å². The zero-order chi connectivity index (χ0) is 20.8. The summed E-state index contributed by atoms with van der Waals surface area (Å²) in [5, 5.41) is 2.95. The van der Waals surface area contributed by atoms with Crippen LogP contribution in [0.2, 0.25) is 0 Å². The van der Waals surface area contributed by atoms with Gasteiger partial charge in [0.1, 0.15) is 5.76 Å². The summed E-state index contributed by atoms with van der Waals surface area (Å²) in [6.07, 6.45) is 1.59. The van der Waals surface area contributed by atoms with Crippen molar-refractivity contribution in [2.45, 2.75) is 20.0 Å². The molecule has 0 aliphatic heterocycles. The molecule has 0 aliphatic rings. The van der Waals surface area contributed by atoms with E-state index in [9.17, 15) is 9.59 Å². The lowest BCUT2D eigenvalue weighted by molar-refractivity contribution is 0.0827. The maximum atomic E-state index is 13.1. The highest BCUT2D eigenvalue weighted by Gasteiger charge is 2.18. The second-order valence-corrected chi connectivity index (χ2v) is 7.08. The lowest BCUT2D eigenvalue weighted by atomic mass is 10.1. The molecule has 0 unspecified atom stereocenters. The first kappa shape index (κ1) is 20.2. The van der Waals surface area contributed by atoms with Crippen molar-refractivity contribution in [3.8, 4) is 0 Å². The Morgan fingerprint density at radius 3 is 2.38 bits per heavy atom. The minimum Gasteiger partial charge on any atom is -0.467 e. The van der Waals surface area contributed by atoms with E-state index in [1.807, 2.05) is 49.4 Å². The van der Waals surface area contributed by atoms with Gasteiger partial charge in [-0.15, -0.1) is 0 Å². The van der Waals surface area contributed by atoms with Gasteiger partial charge in [-0.3, -0.25) is 4.79 Å². The van der Waals surface area contributed by atoms with Gasteiger partial charge < -0.3 is 19.5 Å². The van der Waals surface area contributed by atoms with Crippen LogP contribution < -0.4 is 5.32 Å². The van der Waals surface area contributed by atoms with Crippen molar-refractivity contribution in [3.05, 3.63) is 89.4 Å². The van der Waals surface area contributed by atoms with Crippen LogP contribution in [0.25, 0.3) is 0 Å². The molecule has 150 valence electrons. The van der Waals surface area contributed by atoms with Crippen molar-refractivity contribution in [3.63, 3.8) is 0 Å². The number of rotatable bonds is 6. The Morgan fingerprint density at radius 1 is 0.966 bits per heavy atom. The highest BCUT2D eigenvalue weighted by molar-refractivity contribution is 5.97. The molecule has 1 heterocycles. The zero-order valence-corrected chi connectivity index (χ0v) is 16.9. The first-order chi connectivity index (χ1) is 13.9. The molecule has 6 heteroatoms. The Morgan fingerprint density at radius 2 is 1.72 bits per heavy atom. The van der Waals surface area contributed by atoms with Crippen LogP contribution >= 0.6 is 0 Å². The van der Waals surface area contributed by atoms with E-state index >= 15 is 0 Å². The summed E-state index contributed by atoms with van der Waals surface area (Å²) in [6, 6.07) is 18.5. The van der Waals surface area contributed by atoms with E-state index in [1.54, 1.807) is 43.5 Å².